The van der Waals surface area contributed by atoms with Gasteiger partial charge in [-0.3, -0.25) is 14.4 Å². The number of ether oxygens (including phenoxy) is 1. The van der Waals surface area contributed by atoms with Gasteiger partial charge in [-0.1, -0.05) is 12.1 Å². The quantitative estimate of drug-likeness (QED) is 0.405. The number of aromatic nitrogens is 2. The molecule has 3 aromatic rings. The number of nitrogens with zero attached hydrogens (tertiary/aromatic N) is 5. The van der Waals surface area contributed by atoms with E-state index in [1.165, 1.54) is 39.7 Å². The van der Waals surface area contributed by atoms with Crippen molar-refractivity contribution in [2.75, 3.05) is 26.2 Å². The van der Waals surface area contributed by atoms with Crippen LogP contribution in [0, 0.1) is 0 Å². The summed E-state index contributed by atoms with van der Waals surface area (Å²) in [6, 6.07) is 7.84. The molecule has 2 aliphatic rings. The van der Waals surface area contributed by atoms with E-state index in [4.69, 9.17) is 4.74 Å². The van der Waals surface area contributed by atoms with E-state index in [0.717, 1.165) is 0 Å². The molecule has 228 valence electrons. The van der Waals surface area contributed by atoms with Crippen LogP contribution >= 0.6 is 11.8 Å². The fraction of sp³-hybridized carbons (Fsp3) is 0.379. The van der Waals surface area contributed by atoms with E-state index >= 15 is 0 Å². The molecular weight excluding hydrogens is 587 g/mol. The molecule has 3 heterocycles. The van der Waals surface area contributed by atoms with Crippen LogP contribution in [0.25, 0.3) is 17.0 Å². The van der Waals surface area contributed by atoms with Gasteiger partial charge in [-0.2, -0.15) is 23.3 Å². The van der Waals surface area contributed by atoms with Crippen molar-refractivity contribution in [1.82, 2.24) is 19.6 Å². The van der Waals surface area contributed by atoms with Gasteiger partial charge in [-0.15, -0.1) is 0 Å². The van der Waals surface area contributed by atoms with Crippen LogP contribution < -0.4 is 0 Å². The van der Waals surface area contributed by atoms with Gasteiger partial charge in [0.2, 0.25) is 0 Å². The molecule has 0 aliphatic carbocycles. The second-order valence-corrected chi connectivity index (χ2v) is 12.2. The summed E-state index contributed by atoms with van der Waals surface area (Å²) >= 11 is 1.19. The van der Waals surface area contributed by atoms with Gasteiger partial charge in [0.15, 0.2) is 5.17 Å². The highest BCUT2D eigenvalue weighted by atomic mass is 32.2. The summed E-state index contributed by atoms with van der Waals surface area (Å²) in [7, 11) is 0. The molecule has 2 aromatic carbocycles. The Morgan fingerprint density at radius 2 is 1.93 bits per heavy atom. The summed E-state index contributed by atoms with van der Waals surface area (Å²) in [5.41, 5.74) is -0.348. The van der Waals surface area contributed by atoms with Crippen molar-refractivity contribution in [1.29, 1.82) is 0 Å². The third-order valence-corrected chi connectivity index (χ3v) is 7.93. The topological polar surface area (TPSA) is 120 Å². The molecule has 1 unspecified atom stereocenters. The number of phenols is 1. The number of amides is 2. The van der Waals surface area contributed by atoms with Gasteiger partial charge in [-0.25, -0.2) is 4.79 Å². The van der Waals surface area contributed by atoms with Crippen molar-refractivity contribution in [3.63, 3.8) is 0 Å². The number of hydrogen-bond acceptors (Lipinski definition) is 8. The number of phenolic OH excluding ortho intramolecular Hbond substituents is 1. The molecule has 2 aliphatic heterocycles. The number of thioether (sulfide) groups is 1. The molecule has 43 heavy (non-hydrogen) atoms. The average Bonchev–Trinajstić information content (AvgIpc) is 3.50. The van der Waals surface area contributed by atoms with Crippen LogP contribution in [-0.2, 0) is 22.3 Å². The van der Waals surface area contributed by atoms with Crippen LogP contribution in [0.2, 0.25) is 0 Å². The minimum absolute atomic E-state index is 0.0329. The Morgan fingerprint density at radius 3 is 2.63 bits per heavy atom. The zero-order valence-corrected chi connectivity index (χ0v) is 24.4. The summed E-state index contributed by atoms with van der Waals surface area (Å²) in [4.78, 5) is 33.3. The summed E-state index contributed by atoms with van der Waals surface area (Å²) in [6.45, 7) is 5.87. The number of amidine groups is 1. The lowest BCUT2D eigenvalue weighted by Crippen LogP contribution is -2.58. The number of hydrogen-bond donors (Lipinski definition) is 2. The zero-order chi connectivity index (χ0) is 31.1. The van der Waals surface area contributed by atoms with Gasteiger partial charge in [-0.05, 0) is 74.0 Å². The van der Waals surface area contributed by atoms with Crippen molar-refractivity contribution in [3.05, 3.63) is 64.2 Å². The first-order valence-electron chi connectivity index (χ1n) is 13.4. The number of aliphatic hydroxyl groups is 1. The fourth-order valence-electron chi connectivity index (χ4n) is 4.88. The van der Waals surface area contributed by atoms with Gasteiger partial charge in [0, 0.05) is 25.0 Å². The molecule has 2 N–H and O–H groups in total. The maximum Gasteiger partial charge on any atom is 0.416 e. The third kappa shape index (κ3) is 6.80. The first-order valence-corrected chi connectivity index (χ1v) is 14.3. The van der Waals surface area contributed by atoms with Gasteiger partial charge in [0.1, 0.15) is 11.4 Å². The van der Waals surface area contributed by atoms with E-state index in [1.807, 2.05) is 4.90 Å². The Morgan fingerprint density at radius 1 is 1.16 bits per heavy atom. The number of benzene rings is 2. The fourth-order valence-corrected chi connectivity index (χ4v) is 5.83. The summed E-state index contributed by atoms with van der Waals surface area (Å²) in [5, 5.41) is 24.9. The van der Waals surface area contributed by atoms with Gasteiger partial charge in [0.25, 0.3) is 5.91 Å². The lowest BCUT2D eigenvalue weighted by atomic mass is 10.1. The average molecular weight is 618 g/mol. The maximum atomic E-state index is 13.5. The SMILES string of the molecule is CC(C)(C)OC(=O)N1CCN(C2=NC(=O)C(=Cc3ccc4c(cnn4Cc4ccc(O)cc4C(F)(F)F)c3)S2)CC1CO. The Hall–Kier alpha value is -4.04. The second kappa shape index (κ2) is 11.6. The minimum atomic E-state index is -4.63. The van der Waals surface area contributed by atoms with Crippen molar-refractivity contribution in [3.8, 4) is 5.75 Å². The smallest absolute Gasteiger partial charge is 0.416 e. The van der Waals surface area contributed by atoms with Crippen LogP contribution in [0.3, 0.4) is 0 Å². The minimum Gasteiger partial charge on any atom is -0.508 e. The highest BCUT2D eigenvalue weighted by Crippen LogP contribution is 2.35. The van der Waals surface area contributed by atoms with Crippen LogP contribution in [0.15, 0.2) is 52.5 Å². The van der Waals surface area contributed by atoms with E-state index in [9.17, 15) is 33.0 Å². The molecule has 14 heteroatoms. The van der Waals surface area contributed by atoms with Crippen LogP contribution in [-0.4, -0.2) is 84.8 Å². The van der Waals surface area contributed by atoms with E-state index in [1.54, 1.807) is 45.0 Å². The first-order chi connectivity index (χ1) is 20.2. The molecule has 1 aromatic heterocycles. The molecule has 1 atom stereocenters. The number of piperazine rings is 1. The van der Waals surface area contributed by atoms with E-state index in [0.29, 0.717) is 45.7 Å². The standard InChI is InChI=1S/C29H30F3N5O5S/c1-28(2,3)42-27(41)36-9-8-35(15-20(36)16-38)26-34-25(40)24(43-26)11-17-4-7-23-19(10-17)13-33-37(23)14-18-5-6-21(39)12-22(18)29(30,31)32/h4-7,10-13,20,38-39H,8-9,14-16H2,1-3H3. The molecule has 0 spiro atoms. The molecule has 1 saturated heterocycles. The molecule has 0 bridgehead atoms. The summed E-state index contributed by atoms with van der Waals surface area (Å²) in [6.07, 6.45) is -1.92. The highest BCUT2D eigenvalue weighted by molar-refractivity contribution is 8.18. The normalized spacial score (nSPS) is 19.0. The first kappa shape index (κ1) is 30.4. The molecule has 0 radical (unpaired) electrons. The number of alkyl halides is 3. The number of aliphatic imine (C=N–C) groups is 1. The predicted molar refractivity (Wildman–Crippen MR) is 155 cm³/mol. The predicted octanol–water partition coefficient (Wildman–Crippen LogP) is 4.69. The lowest BCUT2D eigenvalue weighted by molar-refractivity contribution is -0.138. The molecule has 2 amide bonds. The molecule has 10 nitrogen and oxygen atoms in total. The third-order valence-electron chi connectivity index (χ3n) is 6.88. The van der Waals surface area contributed by atoms with Crippen LogP contribution in [0.1, 0.15) is 37.5 Å². The van der Waals surface area contributed by atoms with Crippen molar-refractivity contribution >= 4 is 45.9 Å². The lowest BCUT2D eigenvalue weighted by Gasteiger charge is -2.41. The Bertz CT molecular complexity index is 1630. The van der Waals surface area contributed by atoms with Gasteiger partial charge >= 0.3 is 12.3 Å². The number of carbonyl (C=O) groups is 2. The number of aromatic hydroxyl groups is 1. The van der Waals surface area contributed by atoms with E-state index in [-0.39, 0.29) is 25.3 Å². The number of rotatable bonds is 4. The largest absolute Gasteiger partial charge is 0.508 e. The maximum absolute atomic E-state index is 13.5. The van der Waals surface area contributed by atoms with Crippen LogP contribution in [0.4, 0.5) is 18.0 Å². The Labute approximate surface area is 249 Å². The molecule has 1 fully saturated rings. The molecule has 0 saturated carbocycles. The number of fused-ring (bicyclic) bond motifs is 1. The number of halogens is 3. The summed E-state index contributed by atoms with van der Waals surface area (Å²) < 4.78 is 47.4. The number of aliphatic hydroxyl groups excluding tert-OH is 1. The van der Waals surface area contributed by atoms with Crippen molar-refractivity contribution in [2.45, 2.75) is 45.1 Å². The second-order valence-electron chi connectivity index (χ2n) is 11.2. The Balaban J connectivity index is 1.28. The zero-order valence-electron chi connectivity index (χ0n) is 23.6. The van der Waals surface area contributed by atoms with Gasteiger partial charge < -0.3 is 19.8 Å². The number of carbonyl (C=O) groups excluding carboxylic acids is 2. The molecular formula is C29H30F3N5O5S. The van der Waals surface area contributed by atoms with Crippen LogP contribution in [0.5, 0.6) is 5.75 Å². The highest BCUT2D eigenvalue weighted by Gasteiger charge is 2.37. The van der Waals surface area contributed by atoms with Crippen molar-refractivity contribution < 1.29 is 37.7 Å². The van der Waals surface area contributed by atoms with Gasteiger partial charge in [0.05, 0.1) is 41.4 Å². The van der Waals surface area contributed by atoms with E-state index in [2.05, 4.69) is 10.1 Å². The van der Waals surface area contributed by atoms with Crippen molar-refractivity contribution in [2.24, 2.45) is 4.99 Å². The monoisotopic (exact) mass is 617 g/mol. The Kier molecular flexibility index (Phi) is 8.18. The molecule has 5 rings (SSSR count). The van der Waals surface area contributed by atoms with E-state index < -0.39 is 41.1 Å². The summed E-state index contributed by atoms with van der Waals surface area (Å²) in [5.74, 6) is -0.889.